The Balaban J connectivity index is 2.30. The summed E-state index contributed by atoms with van der Waals surface area (Å²) in [7, 11) is 1.52. The zero-order chi connectivity index (χ0) is 14.8. The number of carboxylic acids is 1. The number of ketones is 1. The first-order valence-corrected chi connectivity index (χ1v) is 6.63. The molecule has 2 N–H and O–H groups in total. The monoisotopic (exact) mass is 278 g/mol. The number of rotatable bonds is 4. The molecule has 0 bridgehead atoms. The molecule has 2 atom stereocenters. The van der Waals surface area contributed by atoms with E-state index in [1.807, 2.05) is 0 Å². The number of aliphatic carboxylic acids is 1. The molecule has 2 unspecified atom stereocenters. The van der Waals surface area contributed by atoms with Gasteiger partial charge in [-0.2, -0.15) is 0 Å². The summed E-state index contributed by atoms with van der Waals surface area (Å²) in [6.07, 6.45) is 1.89. The second-order valence-corrected chi connectivity index (χ2v) is 5.12. The summed E-state index contributed by atoms with van der Waals surface area (Å²) in [5.41, 5.74) is -1.50. The number of hydrogen-bond acceptors (Lipinski definition) is 4. The Morgan fingerprint density at radius 3 is 2.45 bits per heavy atom. The van der Waals surface area contributed by atoms with E-state index in [1.54, 1.807) is 24.3 Å². The molecule has 1 aliphatic carbocycles. The maximum Gasteiger partial charge on any atom is 0.309 e. The number of methoxy groups -OCH3 is 1. The molecule has 0 radical (unpaired) electrons. The van der Waals surface area contributed by atoms with Gasteiger partial charge in [0.25, 0.3) is 0 Å². The van der Waals surface area contributed by atoms with Crippen LogP contribution in [0.15, 0.2) is 24.3 Å². The minimum Gasteiger partial charge on any atom is -0.497 e. The van der Waals surface area contributed by atoms with E-state index in [-0.39, 0.29) is 6.42 Å². The predicted molar refractivity (Wildman–Crippen MR) is 71.9 cm³/mol. The van der Waals surface area contributed by atoms with Crippen molar-refractivity contribution in [2.45, 2.75) is 31.3 Å². The van der Waals surface area contributed by atoms with E-state index >= 15 is 0 Å². The van der Waals surface area contributed by atoms with Gasteiger partial charge in [-0.25, -0.2) is 0 Å². The summed E-state index contributed by atoms with van der Waals surface area (Å²) in [5, 5.41) is 19.8. The van der Waals surface area contributed by atoms with E-state index in [0.717, 1.165) is 6.42 Å². The summed E-state index contributed by atoms with van der Waals surface area (Å²) >= 11 is 0. The highest BCUT2D eigenvalue weighted by atomic mass is 16.5. The number of hydrogen-bond donors (Lipinski definition) is 2. The van der Waals surface area contributed by atoms with Gasteiger partial charge in [0.15, 0.2) is 5.78 Å². The van der Waals surface area contributed by atoms with Crippen LogP contribution in [-0.2, 0) is 4.79 Å². The topological polar surface area (TPSA) is 83.8 Å². The smallest absolute Gasteiger partial charge is 0.309 e. The van der Waals surface area contributed by atoms with E-state index in [4.69, 9.17) is 4.74 Å². The van der Waals surface area contributed by atoms with Crippen LogP contribution in [0.4, 0.5) is 0 Å². The lowest BCUT2D eigenvalue weighted by Crippen LogP contribution is -2.51. The zero-order valence-corrected chi connectivity index (χ0v) is 11.3. The molecule has 5 heteroatoms. The molecule has 0 amide bonds. The molecule has 1 fully saturated rings. The van der Waals surface area contributed by atoms with Crippen LogP contribution >= 0.6 is 0 Å². The third-order valence-electron chi connectivity index (χ3n) is 3.92. The van der Waals surface area contributed by atoms with Crippen LogP contribution in [0.2, 0.25) is 0 Å². The average Bonchev–Trinajstić information content (AvgIpc) is 2.46. The fourth-order valence-corrected chi connectivity index (χ4v) is 2.75. The molecule has 1 aromatic rings. The van der Waals surface area contributed by atoms with Crippen LogP contribution < -0.4 is 4.74 Å². The number of carbonyl (C=O) groups excluding carboxylic acids is 1. The van der Waals surface area contributed by atoms with Gasteiger partial charge in [0.1, 0.15) is 11.4 Å². The Kier molecular flexibility index (Phi) is 4.09. The van der Waals surface area contributed by atoms with Gasteiger partial charge in [0.05, 0.1) is 13.0 Å². The fourth-order valence-electron chi connectivity index (χ4n) is 2.75. The van der Waals surface area contributed by atoms with Gasteiger partial charge in [-0.15, -0.1) is 0 Å². The summed E-state index contributed by atoms with van der Waals surface area (Å²) < 4.78 is 5.01. The summed E-state index contributed by atoms with van der Waals surface area (Å²) in [4.78, 5) is 23.8. The van der Waals surface area contributed by atoms with Crippen LogP contribution in [0.25, 0.3) is 0 Å². The van der Waals surface area contributed by atoms with Gasteiger partial charge >= 0.3 is 5.97 Å². The molecule has 1 aliphatic rings. The molecule has 1 aromatic carbocycles. The number of benzene rings is 1. The van der Waals surface area contributed by atoms with Gasteiger partial charge in [0.2, 0.25) is 0 Å². The zero-order valence-electron chi connectivity index (χ0n) is 11.3. The Morgan fingerprint density at radius 1 is 1.25 bits per heavy atom. The van der Waals surface area contributed by atoms with E-state index in [0.29, 0.717) is 24.2 Å². The third kappa shape index (κ3) is 2.54. The van der Waals surface area contributed by atoms with Gasteiger partial charge < -0.3 is 14.9 Å². The molecule has 0 aliphatic heterocycles. The van der Waals surface area contributed by atoms with Crippen molar-refractivity contribution in [3.05, 3.63) is 29.8 Å². The number of Topliss-reactive ketones (excluding diaryl/α,β-unsaturated/α-hetero) is 1. The molecule has 0 aromatic heterocycles. The predicted octanol–water partition coefficient (Wildman–Crippen LogP) is 1.88. The maximum absolute atomic E-state index is 12.5. The second-order valence-electron chi connectivity index (χ2n) is 5.12. The first kappa shape index (κ1) is 14.5. The molecule has 0 heterocycles. The van der Waals surface area contributed by atoms with Crippen molar-refractivity contribution in [2.24, 2.45) is 5.92 Å². The van der Waals surface area contributed by atoms with Crippen LogP contribution in [0, 0.1) is 5.92 Å². The number of carbonyl (C=O) groups is 2. The molecule has 0 saturated heterocycles. The fraction of sp³-hybridized carbons (Fsp3) is 0.467. The molecule has 0 spiro atoms. The molecule has 5 nitrogen and oxygen atoms in total. The van der Waals surface area contributed by atoms with E-state index in [9.17, 15) is 19.8 Å². The van der Waals surface area contributed by atoms with Gasteiger partial charge in [-0.3, -0.25) is 9.59 Å². The van der Waals surface area contributed by atoms with Crippen molar-refractivity contribution in [3.63, 3.8) is 0 Å². The van der Waals surface area contributed by atoms with Crippen molar-refractivity contribution in [1.29, 1.82) is 0 Å². The summed E-state index contributed by atoms with van der Waals surface area (Å²) in [6.45, 7) is 0. The Bertz CT molecular complexity index is 508. The second kappa shape index (κ2) is 5.63. The molecular formula is C15H18O5. The van der Waals surface area contributed by atoms with E-state index in [2.05, 4.69) is 0 Å². The van der Waals surface area contributed by atoms with Crippen molar-refractivity contribution in [3.8, 4) is 5.75 Å². The largest absolute Gasteiger partial charge is 0.497 e. The third-order valence-corrected chi connectivity index (χ3v) is 3.92. The quantitative estimate of drug-likeness (QED) is 0.822. The number of aliphatic hydroxyl groups is 1. The lowest BCUT2D eigenvalue weighted by Gasteiger charge is -2.36. The van der Waals surface area contributed by atoms with E-state index in [1.165, 1.54) is 7.11 Å². The normalized spacial score (nSPS) is 26.0. The van der Waals surface area contributed by atoms with Gasteiger partial charge in [-0.1, -0.05) is 12.8 Å². The highest BCUT2D eigenvalue weighted by molar-refractivity contribution is 6.04. The number of ether oxygens (including phenoxy) is 1. The average molecular weight is 278 g/mol. The molecular weight excluding hydrogens is 260 g/mol. The lowest BCUT2D eigenvalue weighted by molar-refractivity contribution is -0.151. The maximum atomic E-state index is 12.5. The Labute approximate surface area is 117 Å². The highest BCUT2D eigenvalue weighted by Crippen LogP contribution is 2.36. The molecule has 20 heavy (non-hydrogen) atoms. The first-order valence-electron chi connectivity index (χ1n) is 6.63. The number of carboxylic acid groups (broad SMARTS) is 1. The van der Waals surface area contributed by atoms with Gasteiger partial charge in [0, 0.05) is 5.56 Å². The summed E-state index contributed by atoms with van der Waals surface area (Å²) in [5.74, 6) is -2.07. The van der Waals surface area contributed by atoms with Crippen LogP contribution in [0.5, 0.6) is 5.75 Å². The van der Waals surface area contributed by atoms with Crippen LogP contribution in [0.3, 0.4) is 0 Å². The van der Waals surface area contributed by atoms with Crippen molar-refractivity contribution in [1.82, 2.24) is 0 Å². The first-order chi connectivity index (χ1) is 9.49. The van der Waals surface area contributed by atoms with Crippen LogP contribution in [-0.4, -0.2) is 34.7 Å². The molecule has 1 saturated carbocycles. The SMILES string of the molecule is COc1ccc(C(=O)C2(O)CCCCC2C(=O)O)cc1. The Morgan fingerprint density at radius 2 is 1.90 bits per heavy atom. The molecule has 108 valence electrons. The summed E-state index contributed by atoms with van der Waals surface area (Å²) in [6, 6.07) is 6.34. The lowest BCUT2D eigenvalue weighted by atomic mass is 9.71. The Hall–Kier alpha value is -1.88. The minimum absolute atomic E-state index is 0.189. The van der Waals surface area contributed by atoms with Crippen molar-refractivity contribution >= 4 is 11.8 Å². The van der Waals surface area contributed by atoms with Crippen molar-refractivity contribution < 1.29 is 24.5 Å². The van der Waals surface area contributed by atoms with Crippen molar-refractivity contribution in [2.75, 3.05) is 7.11 Å². The minimum atomic E-state index is -1.81. The molecule has 2 rings (SSSR count). The van der Waals surface area contributed by atoms with Crippen LogP contribution in [0.1, 0.15) is 36.0 Å². The van der Waals surface area contributed by atoms with Gasteiger partial charge in [-0.05, 0) is 37.1 Å². The standard InChI is InChI=1S/C15H18O5/c1-20-11-7-5-10(6-8-11)13(16)15(19)9-3-2-4-12(15)14(17)18/h5-8,12,19H,2-4,9H2,1H3,(H,17,18). The van der Waals surface area contributed by atoms with E-state index < -0.39 is 23.3 Å². The highest BCUT2D eigenvalue weighted by Gasteiger charge is 2.49.